The second-order valence-electron chi connectivity index (χ2n) is 10.3. The molecular formula is C28H33N7O2. The van der Waals surface area contributed by atoms with Crippen LogP contribution in [0.3, 0.4) is 0 Å². The third kappa shape index (κ3) is 5.50. The van der Waals surface area contributed by atoms with Gasteiger partial charge in [-0.3, -0.25) is 0 Å². The minimum Gasteiger partial charge on any atom is -0.444 e. The van der Waals surface area contributed by atoms with Gasteiger partial charge in [0.2, 0.25) is 0 Å². The smallest absolute Gasteiger partial charge is 0.407 e. The number of nitrogens with two attached hydrogens (primary N) is 1. The van der Waals surface area contributed by atoms with Gasteiger partial charge >= 0.3 is 6.09 Å². The van der Waals surface area contributed by atoms with Gasteiger partial charge in [0, 0.05) is 30.9 Å². The van der Waals surface area contributed by atoms with Crippen molar-refractivity contribution in [3.05, 3.63) is 60.8 Å². The molecule has 9 heteroatoms. The number of hydrogen-bond donors (Lipinski definition) is 2. The van der Waals surface area contributed by atoms with Crippen molar-refractivity contribution in [2.24, 2.45) is 0 Å². The van der Waals surface area contributed by atoms with Crippen LogP contribution < -0.4 is 16.1 Å². The van der Waals surface area contributed by atoms with Crippen LogP contribution in [0.25, 0.3) is 33.8 Å². The van der Waals surface area contributed by atoms with Gasteiger partial charge in [-0.1, -0.05) is 30.3 Å². The van der Waals surface area contributed by atoms with Gasteiger partial charge in [-0.15, -0.1) is 0 Å². The monoisotopic (exact) mass is 499 g/mol. The lowest BCUT2D eigenvalue weighted by atomic mass is 10.1. The molecule has 192 valence electrons. The molecule has 1 aliphatic heterocycles. The van der Waals surface area contributed by atoms with Crippen molar-refractivity contribution in [1.82, 2.24) is 24.9 Å². The molecule has 0 aliphatic carbocycles. The zero-order valence-corrected chi connectivity index (χ0v) is 21.5. The van der Waals surface area contributed by atoms with Crippen molar-refractivity contribution in [3.63, 3.8) is 0 Å². The van der Waals surface area contributed by atoms with Gasteiger partial charge in [0.05, 0.1) is 11.3 Å². The number of nitrogens with one attached hydrogen (secondary N) is 1. The van der Waals surface area contributed by atoms with E-state index in [1.807, 2.05) is 75.4 Å². The highest BCUT2D eigenvalue weighted by Crippen LogP contribution is 2.30. The molecule has 0 bridgehead atoms. The van der Waals surface area contributed by atoms with Crippen LogP contribution in [0, 0.1) is 0 Å². The first kappa shape index (κ1) is 24.5. The average Bonchev–Trinajstić information content (AvgIpc) is 3.08. The molecule has 4 heterocycles. The quantitative estimate of drug-likeness (QED) is 0.416. The zero-order chi connectivity index (χ0) is 26.0. The molecule has 4 aromatic rings. The van der Waals surface area contributed by atoms with Gasteiger partial charge in [0.15, 0.2) is 11.5 Å². The van der Waals surface area contributed by atoms with Crippen molar-refractivity contribution < 1.29 is 9.53 Å². The van der Waals surface area contributed by atoms with Crippen molar-refractivity contribution in [2.75, 3.05) is 23.8 Å². The summed E-state index contributed by atoms with van der Waals surface area (Å²) in [5.41, 5.74) is 9.97. The molecule has 1 saturated heterocycles. The van der Waals surface area contributed by atoms with Gasteiger partial charge < -0.3 is 20.8 Å². The van der Waals surface area contributed by atoms with E-state index < -0.39 is 5.60 Å². The molecule has 1 amide bonds. The van der Waals surface area contributed by atoms with E-state index in [9.17, 15) is 4.79 Å². The van der Waals surface area contributed by atoms with Crippen LogP contribution in [0.15, 0.2) is 60.8 Å². The Balaban J connectivity index is 1.51. The lowest BCUT2D eigenvalue weighted by Gasteiger charge is -2.26. The van der Waals surface area contributed by atoms with Crippen molar-refractivity contribution in [3.8, 4) is 22.6 Å². The number of ether oxygens (including phenoxy) is 1. The van der Waals surface area contributed by atoms with E-state index in [2.05, 4.69) is 20.0 Å². The standard InChI is InChI=1S/C28H33N7O2/c1-28(2,3)37-27(36)31-20-11-8-17-34(18-15-20)35-25(21-12-7-16-30-24(21)29)33-23-14-13-22(32-26(23)35)19-9-5-4-6-10-19/h4-7,9-10,12-14,16,20H,8,11,15,17-18H2,1-3H3,(H2,29,30)(H,31,36). The first-order chi connectivity index (χ1) is 17.8. The number of carbonyl (C=O) groups excluding carboxylic acids is 1. The second-order valence-corrected chi connectivity index (χ2v) is 10.3. The third-order valence-corrected chi connectivity index (χ3v) is 6.34. The van der Waals surface area contributed by atoms with Gasteiger partial charge in [0.1, 0.15) is 16.9 Å². The molecule has 1 unspecified atom stereocenters. The fourth-order valence-corrected chi connectivity index (χ4v) is 4.66. The SMILES string of the molecule is CC(C)(C)OC(=O)NC1CCCN(n2c(-c3cccnc3N)nc3ccc(-c4ccccc4)nc32)CC1. The van der Waals surface area contributed by atoms with Crippen LogP contribution in [-0.2, 0) is 4.74 Å². The molecule has 1 aromatic carbocycles. The fraction of sp³-hybridized carbons (Fsp3) is 0.357. The molecule has 3 aromatic heterocycles. The van der Waals surface area contributed by atoms with E-state index in [4.69, 9.17) is 20.4 Å². The fourth-order valence-electron chi connectivity index (χ4n) is 4.66. The molecule has 0 spiro atoms. The minimum absolute atomic E-state index is 0.0226. The molecule has 1 fully saturated rings. The summed E-state index contributed by atoms with van der Waals surface area (Å²) in [6.45, 7) is 7.09. The summed E-state index contributed by atoms with van der Waals surface area (Å²) in [7, 11) is 0. The Morgan fingerprint density at radius 1 is 1.03 bits per heavy atom. The Morgan fingerprint density at radius 2 is 1.84 bits per heavy atom. The van der Waals surface area contributed by atoms with Crippen molar-refractivity contribution >= 4 is 23.1 Å². The third-order valence-electron chi connectivity index (χ3n) is 6.34. The lowest BCUT2D eigenvalue weighted by molar-refractivity contribution is 0.0500. The second kappa shape index (κ2) is 10.1. The Hall–Kier alpha value is -4.14. The number of fused-ring (bicyclic) bond motifs is 1. The summed E-state index contributed by atoms with van der Waals surface area (Å²) >= 11 is 0. The van der Waals surface area contributed by atoms with Crippen LogP contribution in [0.2, 0.25) is 0 Å². The van der Waals surface area contributed by atoms with Crippen LogP contribution in [0.5, 0.6) is 0 Å². The number of aromatic nitrogens is 4. The summed E-state index contributed by atoms with van der Waals surface area (Å²) in [5.74, 6) is 1.12. The first-order valence-corrected chi connectivity index (χ1v) is 12.7. The van der Waals surface area contributed by atoms with E-state index in [-0.39, 0.29) is 12.1 Å². The average molecular weight is 500 g/mol. The largest absolute Gasteiger partial charge is 0.444 e. The summed E-state index contributed by atoms with van der Waals surface area (Å²) in [6.07, 6.45) is 3.81. The lowest BCUT2D eigenvalue weighted by Crippen LogP contribution is -2.40. The summed E-state index contributed by atoms with van der Waals surface area (Å²) < 4.78 is 7.55. The Kier molecular flexibility index (Phi) is 6.69. The van der Waals surface area contributed by atoms with E-state index in [1.54, 1.807) is 6.20 Å². The maximum atomic E-state index is 12.4. The minimum atomic E-state index is -0.531. The van der Waals surface area contributed by atoms with Crippen LogP contribution in [0.1, 0.15) is 40.0 Å². The van der Waals surface area contributed by atoms with Gasteiger partial charge in [-0.2, -0.15) is 0 Å². The zero-order valence-electron chi connectivity index (χ0n) is 21.5. The molecular weight excluding hydrogens is 466 g/mol. The Labute approximate surface area is 216 Å². The van der Waals surface area contributed by atoms with Crippen LogP contribution in [0.4, 0.5) is 10.6 Å². The van der Waals surface area contributed by atoms with E-state index in [1.165, 1.54) is 0 Å². The number of nitrogens with zero attached hydrogens (tertiary/aromatic N) is 5. The van der Waals surface area contributed by atoms with Gasteiger partial charge in [0.25, 0.3) is 0 Å². The number of nitrogen functional groups attached to an aromatic ring is 1. The number of imidazole rings is 1. The molecule has 5 rings (SSSR count). The maximum absolute atomic E-state index is 12.4. The Bertz CT molecular complexity index is 1390. The first-order valence-electron chi connectivity index (χ1n) is 12.7. The normalized spacial score (nSPS) is 16.4. The molecule has 1 atom stereocenters. The molecule has 9 nitrogen and oxygen atoms in total. The number of rotatable bonds is 4. The van der Waals surface area contributed by atoms with Gasteiger partial charge in [-0.25, -0.2) is 24.4 Å². The summed E-state index contributed by atoms with van der Waals surface area (Å²) in [6, 6.07) is 17.9. The Morgan fingerprint density at radius 3 is 2.59 bits per heavy atom. The molecule has 37 heavy (non-hydrogen) atoms. The van der Waals surface area contributed by atoms with Crippen molar-refractivity contribution in [1.29, 1.82) is 0 Å². The number of amides is 1. The number of alkyl carbamates (subject to hydrolysis) is 1. The topological polar surface area (TPSA) is 111 Å². The number of anilines is 1. The molecule has 0 saturated carbocycles. The van der Waals surface area contributed by atoms with Crippen LogP contribution in [-0.4, -0.2) is 50.5 Å². The number of pyridine rings is 2. The van der Waals surface area contributed by atoms with E-state index in [0.29, 0.717) is 18.2 Å². The predicted octanol–water partition coefficient (Wildman–Crippen LogP) is 4.76. The summed E-state index contributed by atoms with van der Waals surface area (Å²) in [4.78, 5) is 26.7. The maximum Gasteiger partial charge on any atom is 0.407 e. The van der Waals surface area contributed by atoms with Gasteiger partial charge in [-0.05, 0) is 64.3 Å². The van der Waals surface area contributed by atoms with E-state index in [0.717, 1.165) is 53.8 Å². The number of carbonyl (C=O) groups is 1. The highest BCUT2D eigenvalue weighted by atomic mass is 16.6. The molecule has 0 radical (unpaired) electrons. The predicted molar refractivity (Wildman–Crippen MR) is 146 cm³/mol. The number of benzene rings is 1. The van der Waals surface area contributed by atoms with E-state index >= 15 is 0 Å². The van der Waals surface area contributed by atoms with Crippen molar-refractivity contribution in [2.45, 2.75) is 51.7 Å². The highest BCUT2D eigenvalue weighted by Gasteiger charge is 2.26. The molecule has 3 N–H and O–H groups in total. The summed E-state index contributed by atoms with van der Waals surface area (Å²) in [5, 5.41) is 5.29. The highest BCUT2D eigenvalue weighted by molar-refractivity contribution is 5.82. The number of hydrogen-bond acceptors (Lipinski definition) is 7. The molecule has 1 aliphatic rings. The van der Waals surface area contributed by atoms with Crippen LogP contribution >= 0.6 is 0 Å².